The number of aromatic nitrogens is 3. The molecule has 0 aliphatic heterocycles. The molecule has 18 heavy (non-hydrogen) atoms. The van der Waals surface area contributed by atoms with Crippen molar-refractivity contribution in [2.24, 2.45) is 0 Å². The van der Waals surface area contributed by atoms with Gasteiger partial charge in [0.25, 0.3) is 0 Å². The number of nitrogens with zero attached hydrogens (tertiary/aromatic N) is 4. The minimum absolute atomic E-state index is 0.552. The van der Waals surface area contributed by atoms with Crippen molar-refractivity contribution in [2.75, 3.05) is 0 Å². The van der Waals surface area contributed by atoms with Gasteiger partial charge in [-0.1, -0.05) is 0 Å². The van der Waals surface area contributed by atoms with Crippen molar-refractivity contribution in [3.8, 4) is 6.07 Å². The SMILES string of the molecule is Cc1nc(Sc2ccc(C#N)cn2)nc(C)c1C. The predicted octanol–water partition coefficient (Wildman–Crippen LogP) is 2.82. The van der Waals surface area contributed by atoms with E-state index in [1.54, 1.807) is 18.3 Å². The van der Waals surface area contributed by atoms with E-state index in [0.717, 1.165) is 22.0 Å². The summed E-state index contributed by atoms with van der Waals surface area (Å²) in [5.74, 6) is 0. The van der Waals surface area contributed by atoms with E-state index >= 15 is 0 Å². The van der Waals surface area contributed by atoms with Gasteiger partial charge in [0.2, 0.25) is 0 Å². The zero-order valence-electron chi connectivity index (χ0n) is 10.4. The lowest BCUT2D eigenvalue weighted by Crippen LogP contribution is -1.98. The van der Waals surface area contributed by atoms with E-state index < -0.39 is 0 Å². The fraction of sp³-hybridized carbons (Fsp3) is 0.231. The standard InChI is InChI=1S/C13H12N4S/c1-8-9(2)16-13(17-10(8)3)18-12-5-4-11(6-14)7-15-12/h4-5,7H,1-3H3. The van der Waals surface area contributed by atoms with Crippen LogP contribution in [0.1, 0.15) is 22.5 Å². The summed E-state index contributed by atoms with van der Waals surface area (Å²) in [5.41, 5.74) is 3.64. The van der Waals surface area contributed by atoms with Gasteiger partial charge in [0.1, 0.15) is 11.1 Å². The van der Waals surface area contributed by atoms with E-state index in [2.05, 4.69) is 15.0 Å². The summed E-state index contributed by atoms with van der Waals surface area (Å²) in [6.45, 7) is 5.96. The zero-order chi connectivity index (χ0) is 13.1. The van der Waals surface area contributed by atoms with Crippen LogP contribution in [0.3, 0.4) is 0 Å². The van der Waals surface area contributed by atoms with Crippen LogP contribution >= 0.6 is 11.8 Å². The first-order chi connectivity index (χ1) is 8.60. The second-order valence-electron chi connectivity index (χ2n) is 3.90. The molecule has 0 atom stereocenters. The van der Waals surface area contributed by atoms with Crippen LogP contribution in [0, 0.1) is 32.1 Å². The van der Waals surface area contributed by atoms with Gasteiger partial charge in [0.15, 0.2) is 5.16 Å². The summed E-state index contributed by atoms with van der Waals surface area (Å²) < 4.78 is 0. The third-order valence-electron chi connectivity index (χ3n) is 2.67. The molecular weight excluding hydrogens is 244 g/mol. The van der Waals surface area contributed by atoms with Gasteiger partial charge in [0, 0.05) is 17.6 Å². The van der Waals surface area contributed by atoms with E-state index in [1.165, 1.54) is 11.8 Å². The number of aryl methyl sites for hydroxylation is 2. The molecule has 0 aliphatic carbocycles. The molecule has 4 nitrogen and oxygen atoms in total. The molecule has 0 N–H and O–H groups in total. The Morgan fingerprint density at radius 3 is 2.28 bits per heavy atom. The average Bonchev–Trinajstić information content (AvgIpc) is 2.37. The van der Waals surface area contributed by atoms with E-state index in [1.807, 2.05) is 26.8 Å². The van der Waals surface area contributed by atoms with E-state index in [9.17, 15) is 0 Å². The number of rotatable bonds is 2. The van der Waals surface area contributed by atoms with Crippen LogP contribution in [0.5, 0.6) is 0 Å². The Labute approximate surface area is 110 Å². The number of hydrogen-bond donors (Lipinski definition) is 0. The fourth-order valence-electron chi connectivity index (χ4n) is 1.39. The molecule has 0 saturated carbocycles. The molecule has 0 aromatic carbocycles. The summed E-state index contributed by atoms with van der Waals surface area (Å²) in [4.78, 5) is 13.0. The van der Waals surface area contributed by atoms with Gasteiger partial charge in [-0.25, -0.2) is 15.0 Å². The van der Waals surface area contributed by atoms with Crippen molar-refractivity contribution in [1.29, 1.82) is 5.26 Å². The highest BCUT2D eigenvalue weighted by Gasteiger charge is 2.07. The minimum Gasteiger partial charge on any atom is -0.248 e. The molecule has 0 bridgehead atoms. The van der Waals surface area contributed by atoms with Gasteiger partial charge in [-0.2, -0.15) is 5.26 Å². The highest BCUT2D eigenvalue weighted by molar-refractivity contribution is 7.99. The first-order valence-corrected chi connectivity index (χ1v) is 6.27. The maximum atomic E-state index is 8.70. The van der Waals surface area contributed by atoms with Crippen LogP contribution in [-0.4, -0.2) is 15.0 Å². The van der Waals surface area contributed by atoms with Gasteiger partial charge in [-0.15, -0.1) is 0 Å². The van der Waals surface area contributed by atoms with Crippen molar-refractivity contribution in [3.63, 3.8) is 0 Å². The largest absolute Gasteiger partial charge is 0.248 e. The second kappa shape index (κ2) is 5.15. The Morgan fingerprint density at radius 2 is 1.78 bits per heavy atom. The summed E-state index contributed by atoms with van der Waals surface area (Å²) >= 11 is 1.40. The minimum atomic E-state index is 0.552. The average molecular weight is 256 g/mol. The Kier molecular flexibility index (Phi) is 3.58. The maximum absolute atomic E-state index is 8.70. The van der Waals surface area contributed by atoms with Crippen LogP contribution in [0.25, 0.3) is 0 Å². The van der Waals surface area contributed by atoms with Gasteiger partial charge >= 0.3 is 0 Å². The lowest BCUT2D eigenvalue weighted by atomic mass is 10.2. The molecule has 0 unspecified atom stereocenters. The first kappa shape index (κ1) is 12.5. The molecule has 0 amide bonds. The zero-order valence-corrected chi connectivity index (χ0v) is 11.2. The molecule has 0 saturated heterocycles. The monoisotopic (exact) mass is 256 g/mol. The highest BCUT2D eigenvalue weighted by Crippen LogP contribution is 2.24. The fourth-order valence-corrected chi connectivity index (χ4v) is 2.18. The molecule has 2 heterocycles. The maximum Gasteiger partial charge on any atom is 0.194 e. The summed E-state index contributed by atoms with van der Waals surface area (Å²) in [6, 6.07) is 5.58. The van der Waals surface area contributed by atoms with Gasteiger partial charge in [-0.3, -0.25) is 0 Å². The topological polar surface area (TPSA) is 62.5 Å². The van der Waals surface area contributed by atoms with Crippen molar-refractivity contribution in [2.45, 2.75) is 31.0 Å². The van der Waals surface area contributed by atoms with Crippen LogP contribution in [-0.2, 0) is 0 Å². The third-order valence-corrected chi connectivity index (χ3v) is 3.49. The molecule has 2 rings (SSSR count). The Morgan fingerprint density at radius 1 is 1.11 bits per heavy atom. The van der Waals surface area contributed by atoms with Crippen LogP contribution in [0.2, 0.25) is 0 Å². The van der Waals surface area contributed by atoms with Gasteiger partial charge in [-0.05, 0) is 50.2 Å². The Bertz CT molecular complexity index is 591. The van der Waals surface area contributed by atoms with Crippen molar-refractivity contribution < 1.29 is 0 Å². The quantitative estimate of drug-likeness (QED) is 0.773. The van der Waals surface area contributed by atoms with Crippen molar-refractivity contribution >= 4 is 11.8 Å². The summed E-state index contributed by atoms with van der Waals surface area (Å²) in [6.07, 6.45) is 1.55. The molecule has 2 aromatic rings. The lowest BCUT2D eigenvalue weighted by molar-refractivity contribution is 0.878. The first-order valence-electron chi connectivity index (χ1n) is 5.46. The summed E-state index contributed by atoms with van der Waals surface area (Å²) in [7, 11) is 0. The number of nitriles is 1. The van der Waals surface area contributed by atoms with Crippen LogP contribution in [0.4, 0.5) is 0 Å². The molecule has 2 aromatic heterocycles. The number of pyridine rings is 1. The second-order valence-corrected chi connectivity index (χ2v) is 4.89. The normalized spacial score (nSPS) is 10.1. The smallest absolute Gasteiger partial charge is 0.194 e. The molecule has 5 heteroatoms. The Balaban J connectivity index is 2.26. The van der Waals surface area contributed by atoms with Crippen molar-refractivity contribution in [1.82, 2.24) is 15.0 Å². The van der Waals surface area contributed by atoms with Crippen molar-refractivity contribution in [3.05, 3.63) is 40.8 Å². The molecular formula is C13H12N4S. The third kappa shape index (κ3) is 2.66. The summed E-state index contributed by atoms with van der Waals surface area (Å²) in [5, 5.41) is 10.2. The molecule has 90 valence electrons. The van der Waals surface area contributed by atoms with E-state index in [0.29, 0.717) is 10.7 Å². The molecule has 0 radical (unpaired) electrons. The van der Waals surface area contributed by atoms with Crippen LogP contribution < -0.4 is 0 Å². The molecule has 0 spiro atoms. The van der Waals surface area contributed by atoms with Gasteiger partial charge < -0.3 is 0 Å². The van der Waals surface area contributed by atoms with Crippen LogP contribution in [0.15, 0.2) is 28.5 Å². The van der Waals surface area contributed by atoms with Gasteiger partial charge in [0.05, 0.1) is 5.56 Å². The molecule has 0 aliphatic rings. The molecule has 0 fully saturated rings. The highest BCUT2D eigenvalue weighted by atomic mass is 32.2. The van der Waals surface area contributed by atoms with E-state index in [-0.39, 0.29) is 0 Å². The van der Waals surface area contributed by atoms with E-state index in [4.69, 9.17) is 5.26 Å². The lowest BCUT2D eigenvalue weighted by Gasteiger charge is -2.06. The number of hydrogen-bond acceptors (Lipinski definition) is 5. The Hall–Kier alpha value is -1.93. The predicted molar refractivity (Wildman–Crippen MR) is 69.3 cm³/mol.